The van der Waals surface area contributed by atoms with E-state index in [1.54, 1.807) is 0 Å². The van der Waals surface area contributed by atoms with Crippen LogP contribution in [0.2, 0.25) is 0 Å². The van der Waals surface area contributed by atoms with Gasteiger partial charge in [-0.05, 0) is 12.1 Å². The van der Waals surface area contributed by atoms with Crippen LogP contribution >= 0.6 is 0 Å². The van der Waals surface area contributed by atoms with Gasteiger partial charge in [0.25, 0.3) is 5.56 Å². The fraction of sp³-hybridized carbons (Fsp3) is 0.100. The molecule has 94 valence electrons. The van der Waals surface area contributed by atoms with Crippen LogP contribution in [0.5, 0.6) is 0 Å². The van der Waals surface area contributed by atoms with Crippen molar-refractivity contribution in [3.05, 3.63) is 40.4 Å². The molecule has 0 unspecified atom stereocenters. The van der Waals surface area contributed by atoms with E-state index >= 15 is 0 Å². The Morgan fingerprint density at radius 3 is 2.56 bits per heavy atom. The van der Waals surface area contributed by atoms with E-state index in [0.29, 0.717) is 6.33 Å². The summed E-state index contributed by atoms with van der Waals surface area (Å²) in [4.78, 5) is 25.7. The Balaban J connectivity index is 2.88. The summed E-state index contributed by atoms with van der Waals surface area (Å²) in [6.45, 7) is 0. The molecule has 2 rings (SSSR count). The molecule has 1 N–H and O–H groups in total. The van der Waals surface area contributed by atoms with Crippen molar-refractivity contribution in [2.75, 3.05) is 0 Å². The number of alkyl halides is 3. The summed E-state index contributed by atoms with van der Waals surface area (Å²) in [5.74, 6) is 0. The summed E-state index contributed by atoms with van der Waals surface area (Å²) >= 11 is 0. The van der Waals surface area contributed by atoms with Crippen molar-refractivity contribution in [1.82, 2.24) is 9.55 Å². The lowest BCUT2D eigenvalue weighted by Crippen LogP contribution is -2.26. The Hall–Kier alpha value is -2.38. The fourth-order valence-electron chi connectivity index (χ4n) is 1.52. The van der Waals surface area contributed by atoms with E-state index < -0.39 is 34.3 Å². The van der Waals surface area contributed by atoms with Gasteiger partial charge in [0.15, 0.2) is 0 Å². The lowest BCUT2D eigenvalue weighted by Gasteiger charge is -2.09. The second-order valence-corrected chi connectivity index (χ2v) is 3.40. The SMILES string of the molecule is O=C(O)n1cnc2c(C(F)(F)F)cccc2c1=O. The molecule has 0 radical (unpaired) electrons. The van der Waals surface area contributed by atoms with Gasteiger partial charge in [0.05, 0.1) is 16.5 Å². The molecule has 0 aliphatic rings. The molecule has 1 aromatic heterocycles. The Labute approximate surface area is 97.1 Å². The van der Waals surface area contributed by atoms with Gasteiger partial charge in [0.2, 0.25) is 0 Å². The number of aromatic nitrogens is 2. The Bertz CT molecular complexity index is 691. The molecule has 0 amide bonds. The van der Waals surface area contributed by atoms with Gasteiger partial charge in [-0.3, -0.25) is 4.79 Å². The van der Waals surface area contributed by atoms with Gasteiger partial charge in [-0.15, -0.1) is 0 Å². The van der Waals surface area contributed by atoms with Crippen molar-refractivity contribution in [2.24, 2.45) is 0 Å². The second-order valence-electron chi connectivity index (χ2n) is 3.40. The first-order valence-electron chi connectivity index (χ1n) is 4.63. The predicted octanol–water partition coefficient (Wildman–Crippen LogP) is 1.94. The minimum Gasteiger partial charge on any atom is -0.464 e. The molecule has 2 aromatic rings. The Morgan fingerprint density at radius 2 is 2.00 bits per heavy atom. The molecule has 0 bridgehead atoms. The zero-order valence-electron chi connectivity index (χ0n) is 8.60. The Kier molecular flexibility index (Phi) is 2.57. The standard InChI is InChI=1S/C10H5F3N2O3/c11-10(12,13)6-3-1-2-5-7(6)14-4-15(8(5)16)9(17)18/h1-4H,(H,17,18). The van der Waals surface area contributed by atoms with Crippen LogP contribution in [0.4, 0.5) is 18.0 Å². The van der Waals surface area contributed by atoms with E-state index in [2.05, 4.69) is 4.98 Å². The zero-order valence-corrected chi connectivity index (χ0v) is 8.60. The smallest absolute Gasteiger partial charge is 0.419 e. The van der Waals surface area contributed by atoms with E-state index in [1.165, 1.54) is 0 Å². The van der Waals surface area contributed by atoms with E-state index in [0.717, 1.165) is 18.2 Å². The van der Waals surface area contributed by atoms with E-state index in [-0.39, 0.29) is 4.57 Å². The van der Waals surface area contributed by atoms with Crippen molar-refractivity contribution in [3.63, 3.8) is 0 Å². The maximum atomic E-state index is 12.6. The van der Waals surface area contributed by atoms with Crippen LogP contribution in [-0.2, 0) is 6.18 Å². The summed E-state index contributed by atoms with van der Waals surface area (Å²) in [7, 11) is 0. The van der Waals surface area contributed by atoms with Crippen LogP contribution in [0.15, 0.2) is 29.3 Å². The molecule has 1 heterocycles. The average Bonchev–Trinajstić information content (AvgIpc) is 2.27. The molecule has 5 nitrogen and oxygen atoms in total. The van der Waals surface area contributed by atoms with Gasteiger partial charge >= 0.3 is 12.3 Å². The van der Waals surface area contributed by atoms with Crippen molar-refractivity contribution >= 4 is 17.0 Å². The van der Waals surface area contributed by atoms with Gasteiger partial charge < -0.3 is 5.11 Å². The quantitative estimate of drug-likeness (QED) is 0.783. The van der Waals surface area contributed by atoms with Crippen LogP contribution < -0.4 is 5.56 Å². The number of para-hydroxylation sites is 1. The molecule has 0 saturated carbocycles. The van der Waals surface area contributed by atoms with Gasteiger partial charge in [0, 0.05) is 0 Å². The first-order chi connectivity index (χ1) is 8.32. The third kappa shape index (κ3) is 1.81. The van der Waals surface area contributed by atoms with E-state index in [4.69, 9.17) is 5.11 Å². The minimum absolute atomic E-state index is 0.225. The highest BCUT2D eigenvalue weighted by Crippen LogP contribution is 2.32. The maximum absolute atomic E-state index is 12.6. The number of fused-ring (bicyclic) bond motifs is 1. The molecule has 18 heavy (non-hydrogen) atoms. The lowest BCUT2D eigenvalue weighted by molar-refractivity contribution is -0.136. The predicted molar refractivity (Wildman–Crippen MR) is 54.4 cm³/mol. The van der Waals surface area contributed by atoms with Gasteiger partial charge in [-0.2, -0.15) is 13.2 Å². The first-order valence-corrected chi connectivity index (χ1v) is 4.63. The van der Waals surface area contributed by atoms with Crippen molar-refractivity contribution in [2.45, 2.75) is 6.18 Å². The van der Waals surface area contributed by atoms with E-state index in [9.17, 15) is 22.8 Å². The summed E-state index contributed by atoms with van der Waals surface area (Å²) in [6.07, 6.45) is -5.71. The number of nitrogens with zero attached hydrogens (tertiary/aromatic N) is 2. The molecule has 0 atom stereocenters. The average molecular weight is 258 g/mol. The molecular formula is C10H5F3N2O3. The van der Waals surface area contributed by atoms with Gasteiger partial charge in [-0.1, -0.05) is 6.07 Å². The second kappa shape index (κ2) is 3.83. The van der Waals surface area contributed by atoms with Crippen molar-refractivity contribution in [1.29, 1.82) is 0 Å². The highest BCUT2D eigenvalue weighted by atomic mass is 19.4. The van der Waals surface area contributed by atoms with E-state index in [1.807, 2.05) is 0 Å². The summed E-state index contributed by atoms with van der Waals surface area (Å²) in [6, 6.07) is 2.90. The molecule has 8 heteroatoms. The number of benzene rings is 1. The van der Waals surface area contributed by atoms with Crippen LogP contribution in [0.25, 0.3) is 10.9 Å². The maximum Gasteiger partial charge on any atom is 0.419 e. The van der Waals surface area contributed by atoms with Crippen LogP contribution in [0.1, 0.15) is 5.56 Å². The number of carboxylic acid groups (broad SMARTS) is 1. The van der Waals surface area contributed by atoms with Crippen LogP contribution in [-0.4, -0.2) is 20.8 Å². The normalized spacial score (nSPS) is 11.7. The summed E-state index contributed by atoms with van der Waals surface area (Å²) in [5, 5.41) is 8.26. The molecule has 0 aliphatic heterocycles. The number of rotatable bonds is 0. The van der Waals surface area contributed by atoms with Gasteiger partial charge in [0.1, 0.15) is 6.33 Å². The number of hydrogen-bond acceptors (Lipinski definition) is 3. The van der Waals surface area contributed by atoms with Crippen molar-refractivity contribution < 1.29 is 23.1 Å². The fourth-order valence-corrected chi connectivity index (χ4v) is 1.52. The molecule has 0 aliphatic carbocycles. The third-order valence-corrected chi connectivity index (χ3v) is 2.30. The number of carbonyl (C=O) groups is 1. The largest absolute Gasteiger partial charge is 0.464 e. The Morgan fingerprint density at radius 1 is 1.33 bits per heavy atom. The summed E-state index contributed by atoms with van der Waals surface area (Å²) < 4.78 is 38.2. The molecule has 1 aromatic carbocycles. The van der Waals surface area contributed by atoms with Gasteiger partial charge in [-0.25, -0.2) is 14.3 Å². The lowest BCUT2D eigenvalue weighted by atomic mass is 10.1. The summed E-state index contributed by atoms with van der Waals surface area (Å²) in [5.41, 5.74) is -2.69. The zero-order chi connectivity index (χ0) is 13.5. The third-order valence-electron chi connectivity index (χ3n) is 2.30. The molecule has 0 saturated heterocycles. The molecular weight excluding hydrogens is 253 g/mol. The topological polar surface area (TPSA) is 72.2 Å². The molecule has 0 spiro atoms. The minimum atomic E-state index is -4.66. The monoisotopic (exact) mass is 258 g/mol. The van der Waals surface area contributed by atoms with Crippen molar-refractivity contribution in [3.8, 4) is 0 Å². The molecule has 0 fully saturated rings. The first kappa shape index (κ1) is 12.1. The highest BCUT2D eigenvalue weighted by Gasteiger charge is 2.33. The number of hydrogen-bond donors (Lipinski definition) is 1. The van der Waals surface area contributed by atoms with Crippen LogP contribution in [0, 0.1) is 0 Å². The van der Waals surface area contributed by atoms with Crippen LogP contribution in [0.3, 0.4) is 0 Å². The highest BCUT2D eigenvalue weighted by molar-refractivity contribution is 5.83. The number of halogens is 3.